The van der Waals surface area contributed by atoms with Crippen molar-refractivity contribution in [2.75, 3.05) is 18.5 Å². The third-order valence-corrected chi connectivity index (χ3v) is 4.93. The molecular weight excluding hydrogens is 436 g/mol. The van der Waals surface area contributed by atoms with Crippen LogP contribution in [0.15, 0.2) is 47.5 Å². The minimum Gasteiger partial charge on any atom is -0.486 e. The lowest BCUT2D eigenvalue weighted by Gasteiger charge is -2.20. The molecule has 3 aromatic rings. The molecule has 7 nitrogen and oxygen atoms in total. The Kier molecular flexibility index (Phi) is 5.00. The number of amides is 1. The van der Waals surface area contributed by atoms with Crippen LogP contribution in [0.3, 0.4) is 0 Å². The summed E-state index contributed by atoms with van der Waals surface area (Å²) < 4.78 is 13.5. The molecule has 1 aliphatic rings. The lowest BCUT2D eigenvalue weighted by Crippen LogP contribution is -2.18. The summed E-state index contributed by atoms with van der Waals surface area (Å²) in [6.45, 7) is 1.00. The van der Waals surface area contributed by atoms with Gasteiger partial charge in [0.15, 0.2) is 11.5 Å². The molecule has 0 aliphatic carbocycles. The van der Waals surface area contributed by atoms with Crippen molar-refractivity contribution in [1.29, 1.82) is 0 Å². The van der Waals surface area contributed by atoms with Crippen molar-refractivity contribution in [2.45, 2.75) is 6.42 Å². The standard InChI is InChI=1S/C18H14BrClN4O3/c19-13-8-17-16(26-3-4-27-17)5-11(13)6-18(25)23-14-7-12(20)1-2-15(14)24-10-21-9-22-24/h1-2,5,7-10H,3-4,6H2,(H,23,25). The van der Waals surface area contributed by atoms with Crippen LogP contribution in [0, 0.1) is 0 Å². The summed E-state index contributed by atoms with van der Waals surface area (Å²) >= 11 is 9.58. The highest BCUT2D eigenvalue weighted by Crippen LogP contribution is 2.36. The minimum atomic E-state index is -0.198. The number of ether oxygens (including phenoxy) is 2. The highest BCUT2D eigenvalue weighted by Gasteiger charge is 2.17. The van der Waals surface area contributed by atoms with Gasteiger partial charge in [0, 0.05) is 9.50 Å². The molecule has 0 fully saturated rings. The Hall–Kier alpha value is -2.58. The number of carbonyl (C=O) groups is 1. The second-order valence-electron chi connectivity index (χ2n) is 5.81. The van der Waals surface area contributed by atoms with Gasteiger partial charge in [-0.15, -0.1) is 0 Å². The van der Waals surface area contributed by atoms with Crippen molar-refractivity contribution in [3.05, 3.63) is 58.0 Å². The van der Waals surface area contributed by atoms with Gasteiger partial charge >= 0.3 is 0 Å². The number of benzene rings is 2. The van der Waals surface area contributed by atoms with Crippen molar-refractivity contribution in [3.8, 4) is 17.2 Å². The van der Waals surface area contributed by atoms with Crippen molar-refractivity contribution in [1.82, 2.24) is 14.8 Å². The molecule has 0 radical (unpaired) electrons. The van der Waals surface area contributed by atoms with Crippen LogP contribution >= 0.6 is 27.5 Å². The third-order valence-electron chi connectivity index (χ3n) is 3.96. The summed E-state index contributed by atoms with van der Waals surface area (Å²) in [6.07, 6.45) is 3.13. The van der Waals surface area contributed by atoms with E-state index in [1.807, 2.05) is 12.1 Å². The molecule has 0 bridgehead atoms. The maximum atomic E-state index is 12.6. The largest absolute Gasteiger partial charge is 0.486 e. The Morgan fingerprint density at radius 1 is 1.22 bits per heavy atom. The number of rotatable bonds is 4. The lowest BCUT2D eigenvalue weighted by molar-refractivity contribution is -0.115. The van der Waals surface area contributed by atoms with Gasteiger partial charge in [0.05, 0.1) is 17.8 Å². The number of fused-ring (bicyclic) bond motifs is 1. The number of carbonyl (C=O) groups excluding carboxylic acids is 1. The Morgan fingerprint density at radius 3 is 2.74 bits per heavy atom. The molecule has 138 valence electrons. The Balaban J connectivity index is 1.56. The molecule has 1 aromatic heterocycles. The van der Waals surface area contributed by atoms with Crippen molar-refractivity contribution in [3.63, 3.8) is 0 Å². The summed E-state index contributed by atoms with van der Waals surface area (Å²) in [6, 6.07) is 8.80. The van der Waals surface area contributed by atoms with E-state index < -0.39 is 0 Å². The normalized spacial score (nSPS) is 12.7. The predicted molar refractivity (Wildman–Crippen MR) is 104 cm³/mol. The molecule has 0 spiro atoms. The summed E-state index contributed by atoms with van der Waals surface area (Å²) in [5, 5.41) is 7.50. The smallest absolute Gasteiger partial charge is 0.228 e. The highest BCUT2D eigenvalue weighted by molar-refractivity contribution is 9.10. The summed E-state index contributed by atoms with van der Waals surface area (Å²) in [5.74, 6) is 1.11. The Morgan fingerprint density at radius 2 is 2.00 bits per heavy atom. The number of hydrogen-bond acceptors (Lipinski definition) is 5. The van der Waals surface area contributed by atoms with Gasteiger partial charge in [-0.2, -0.15) is 5.10 Å². The zero-order valence-electron chi connectivity index (χ0n) is 14.0. The number of hydrogen-bond donors (Lipinski definition) is 1. The van der Waals surface area contributed by atoms with E-state index in [4.69, 9.17) is 21.1 Å². The number of anilines is 1. The zero-order chi connectivity index (χ0) is 18.8. The molecule has 0 saturated carbocycles. The van der Waals surface area contributed by atoms with E-state index in [9.17, 15) is 4.79 Å². The van der Waals surface area contributed by atoms with Crippen LogP contribution in [0.25, 0.3) is 5.69 Å². The quantitative estimate of drug-likeness (QED) is 0.658. The van der Waals surface area contributed by atoms with Gasteiger partial charge in [-0.05, 0) is 35.9 Å². The van der Waals surface area contributed by atoms with E-state index in [1.165, 1.54) is 6.33 Å². The summed E-state index contributed by atoms with van der Waals surface area (Å²) in [7, 11) is 0. The fourth-order valence-corrected chi connectivity index (χ4v) is 3.38. The van der Waals surface area contributed by atoms with Crippen LogP contribution in [0.5, 0.6) is 11.5 Å². The highest BCUT2D eigenvalue weighted by atomic mass is 79.9. The monoisotopic (exact) mass is 448 g/mol. The van der Waals surface area contributed by atoms with Crippen LogP contribution in [0.2, 0.25) is 5.02 Å². The SMILES string of the molecule is O=C(Cc1cc2c(cc1Br)OCCO2)Nc1cc(Cl)ccc1-n1cncn1. The van der Waals surface area contributed by atoms with Gasteiger partial charge < -0.3 is 14.8 Å². The molecule has 27 heavy (non-hydrogen) atoms. The van der Waals surface area contributed by atoms with Crippen LogP contribution in [0.4, 0.5) is 5.69 Å². The first-order chi connectivity index (χ1) is 13.1. The fourth-order valence-electron chi connectivity index (χ4n) is 2.75. The average Bonchev–Trinajstić information content (AvgIpc) is 3.17. The molecule has 9 heteroatoms. The van der Waals surface area contributed by atoms with Gasteiger partial charge in [-0.3, -0.25) is 4.79 Å². The van der Waals surface area contributed by atoms with Crippen molar-refractivity contribution in [2.24, 2.45) is 0 Å². The second kappa shape index (κ2) is 7.58. The molecule has 1 amide bonds. The van der Waals surface area contributed by atoms with Gasteiger partial charge in [-0.25, -0.2) is 9.67 Å². The average molecular weight is 450 g/mol. The first-order valence-corrected chi connectivity index (χ1v) is 9.29. The summed E-state index contributed by atoms with van der Waals surface area (Å²) in [5.41, 5.74) is 2.01. The molecular formula is C18H14BrClN4O3. The molecule has 0 atom stereocenters. The topological polar surface area (TPSA) is 78.3 Å². The van der Waals surface area contributed by atoms with E-state index in [1.54, 1.807) is 29.2 Å². The predicted octanol–water partition coefficient (Wildman–Crippen LogP) is 3.64. The number of halogens is 2. The molecule has 1 N–H and O–H groups in total. The first kappa shape index (κ1) is 17.8. The lowest BCUT2D eigenvalue weighted by atomic mass is 10.1. The molecule has 2 aromatic carbocycles. The van der Waals surface area contributed by atoms with Crippen LogP contribution < -0.4 is 14.8 Å². The van der Waals surface area contributed by atoms with Crippen LogP contribution in [-0.4, -0.2) is 33.9 Å². The fraction of sp³-hybridized carbons (Fsp3) is 0.167. The minimum absolute atomic E-state index is 0.153. The second-order valence-corrected chi connectivity index (χ2v) is 7.10. The summed E-state index contributed by atoms with van der Waals surface area (Å²) in [4.78, 5) is 16.6. The third kappa shape index (κ3) is 3.91. The molecule has 2 heterocycles. The van der Waals surface area contributed by atoms with Crippen molar-refractivity contribution >= 4 is 39.1 Å². The molecule has 0 saturated heterocycles. The van der Waals surface area contributed by atoms with E-state index in [2.05, 4.69) is 31.3 Å². The Labute approximate surface area is 168 Å². The zero-order valence-corrected chi connectivity index (χ0v) is 16.3. The van der Waals surface area contributed by atoms with Gasteiger partial charge in [0.2, 0.25) is 5.91 Å². The van der Waals surface area contributed by atoms with E-state index in [0.29, 0.717) is 41.1 Å². The number of aromatic nitrogens is 3. The van der Waals surface area contributed by atoms with Gasteiger partial charge in [-0.1, -0.05) is 27.5 Å². The molecule has 1 aliphatic heterocycles. The maximum Gasteiger partial charge on any atom is 0.228 e. The van der Waals surface area contributed by atoms with Gasteiger partial charge in [0.25, 0.3) is 0 Å². The Bertz CT molecular complexity index is 995. The van der Waals surface area contributed by atoms with Gasteiger partial charge in [0.1, 0.15) is 25.9 Å². The van der Waals surface area contributed by atoms with E-state index >= 15 is 0 Å². The van der Waals surface area contributed by atoms with E-state index in [-0.39, 0.29) is 12.3 Å². The van der Waals surface area contributed by atoms with E-state index in [0.717, 1.165) is 10.0 Å². The van der Waals surface area contributed by atoms with Crippen molar-refractivity contribution < 1.29 is 14.3 Å². The van der Waals surface area contributed by atoms with Crippen LogP contribution in [0.1, 0.15) is 5.56 Å². The number of nitrogens with one attached hydrogen (secondary N) is 1. The first-order valence-electron chi connectivity index (χ1n) is 8.12. The molecule has 4 rings (SSSR count). The molecule has 0 unspecified atom stereocenters. The maximum absolute atomic E-state index is 12.6. The van der Waals surface area contributed by atoms with Crippen LogP contribution in [-0.2, 0) is 11.2 Å². The number of nitrogens with zero attached hydrogens (tertiary/aromatic N) is 3.